The third-order valence-corrected chi connectivity index (χ3v) is 5.84. The lowest BCUT2D eigenvalue weighted by Crippen LogP contribution is -2.46. The molecule has 3 aliphatic rings. The van der Waals surface area contributed by atoms with Gasteiger partial charge in [0, 0.05) is 11.1 Å². The molecule has 2 saturated carbocycles. The molecule has 4 amide bonds. The largest absolute Gasteiger partial charge is 0.351 e. The highest BCUT2D eigenvalue weighted by atomic mass is 35.5. The van der Waals surface area contributed by atoms with Crippen LogP contribution in [-0.2, 0) is 15.1 Å². The summed E-state index contributed by atoms with van der Waals surface area (Å²) in [4.78, 5) is 38.7. The number of imide groups is 1. The van der Waals surface area contributed by atoms with Crippen LogP contribution in [0.25, 0.3) is 0 Å². The Bertz CT molecular complexity index is 746. The maximum Gasteiger partial charge on any atom is 0.325 e. The number of halogens is 1. The van der Waals surface area contributed by atoms with E-state index in [4.69, 9.17) is 11.6 Å². The van der Waals surface area contributed by atoms with Crippen molar-refractivity contribution in [1.82, 2.24) is 15.5 Å². The van der Waals surface area contributed by atoms with Crippen LogP contribution in [0.3, 0.4) is 0 Å². The van der Waals surface area contributed by atoms with Gasteiger partial charge in [-0.25, -0.2) is 4.79 Å². The first-order chi connectivity index (χ1) is 12.4. The van der Waals surface area contributed by atoms with E-state index >= 15 is 0 Å². The Morgan fingerprint density at radius 1 is 1.23 bits per heavy atom. The Balaban J connectivity index is 1.45. The van der Waals surface area contributed by atoms with Crippen molar-refractivity contribution in [2.45, 2.75) is 44.2 Å². The normalized spacial score (nSPS) is 25.6. The second-order valence-corrected chi connectivity index (χ2v) is 8.16. The molecule has 1 unspecified atom stereocenters. The van der Waals surface area contributed by atoms with E-state index in [1.54, 1.807) is 31.2 Å². The molecular weight excluding hydrogens is 354 g/mol. The van der Waals surface area contributed by atoms with E-state index in [9.17, 15) is 14.4 Å². The molecule has 2 N–H and O–H groups in total. The van der Waals surface area contributed by atoms with Crippen LogP contribution in [0.4, 0.5) is 4.79 Å². The third-order valence-electron chi connectivity index (χ3n) is 5.59. The molecular formula is C19H22ClN3O3. The van der Waals surface area contributed by atoms with Crippen molar-refractivity contribution in [3.63, 3.8) is 0 Å². The monoisotopic (exact) mass is 375 g/mol. The second-order valence-electron chi connectivity index (χ2n) is 7.72. The lowest BCUT2D eigenvalue weighted by Gasteiger charge is -2.23. The minimum atomic E-state index is -1.19. The van der Waals surface area contributed by atoms with Gasteiger partial charge in [-0.2, -0.15) is 0 Å². The zero-order valence-electron chi connectivity index (χ0n) is 14.6. The highest BCUT2D eigenvalue weighted by Crippen LogP contribution is 2.44. The number of carbonyl (C=O) groups is 3. The molecule has 0 radical (unpaired) electrons. The third kappa shape index (κ3) is 3.18. The summed E-state index contributed by atoms with van der Waals surface area (Å²) in [6.07, 6.45) is 4.61. The Labute approximate surface area is 157 Å². The molecule has 0 aromatic heterocycles. The van der Waals surface area contributed by atoms with Crippen LogP contribution in [-0.4, -0.2) is 35.3 Å². The Hall–Kier alpha value is -2.08. The summed E-state index contributed by atoms with van der Waals surface area (Å²) in [6.45, 7) is 1.40. The van der Waals surface area contributed by atoms with Crippen LogP contribution in [0, 0.1) is 11.8 Å². The summed E-state index contributed by atoms with van der Waals surface area (Å²) >= 11 is 5.90. The fourth-order valence-electron chi connectivity index (χ4n) is 3.73. The van der Waals surface area contributed by atoms with E-state index < -0.39 is 17.5 Å². The molecule has 1 atom stereocenters. The lowest BCUT2D eigenvalue weighted by molar-refractivity contribution is -0.135. The van der Waals surface area contributed by atoms with Crippen LogP contribution in [0.5, 0.6) is 0 Å². The number of amides is 4. The number of rotatable bonds is 6. The second kappa shape index (κ2) is 6.27. The number of carbonyl (C=O) groups excluding carboxylic acids is 3. The minimum absolute atomic E-state index is 0.200. The van der Waals surface area contributed by atoms with Gasteiger partial charge < -0.3 is 10.6 Å². The summed E-state index contributed by atoms with van der Waals surface area (Å²) in [5.41, 5.74) is -0.550. The van der Waals surface area contributed by atoms with Crippen LogP contribution >= 0.6 is 11.6 Å². The Kier molecular flexibility index (Phi) is 4.18. The number of hydrogen-bond acceptors (Lipinski definition) is 3. The van der Waals surface area contributed by atoms with E-state index in [0.29, 0.717) is 22.4 Å². The number of nitrogens with zero attached hydrogens (tertiary/aromatic N) is 1. The van der Waals surface area contributed by atoms with Crippen molar-refractivity contribution in [3.8, 4) is 0 Å². The number of benzene rings is 1. The van der Waals surface area contributed by atoms with Crippen LogP contribution in [0.2, 0.25) is 5.02 Å². The summed E-state index contributed by atoms with van der Waals surface area (Å²) in [5, 5.41) is 6.31. The van der Waals surface area contributed by atoms with Gasteiger partial charge in [0.15, 0.2) is 0 Å². The van der Waals surface area contributed by atoms with Gasteiger partial charge in [-0.15, -0.1) is 0 Å². The van der Waals surface area contributed by atoms with Gasteiger partial charge >= 0.3 is 6.03 Å². The lowest BCUT2D eigenvalue weighted by atomic mass is 9.92. The van der Waals surface area contributed by atoms with Crippen molar-refractivity contribution in [1.29, 1.82) is 0 Å². The van der Waals surface area contributed by atoms with Crippen molar-refractivity contribution in [2.24, 2.45) is 11.8 Å². The van der Waals surface area contributed by atoms with Gasteiger partial charge in [-0.05, 0) is 62.1 Å². The van der Waals surface area contributed by atoms with Gasteiger partial charge in [-0.3, -0.25) is 14.5 Å². The zero-order chi connectivity index (χ0) is 18.5. The number of urea groups is 1. The topological polar surface area (TPSA) is 78.5 Å². The molecule has 0 bridgehead atoms. The maximum atomic E-state index is 12.9. The predicted molar refractivity (Wildman–Crippen MR) is 96.4 cm³/mol. The maximum absolute atomic E-state index is 12.9. The number of hydrogen-bond donors (Lipinski definition) is 2. The average molecular weight is 376 g/mol. The molecule has 1 saturated heterocycles. The molecule has 6 nitrogen and oxygen atoms in total. The van der Waals surface area contributed by atoms with E-state index in [2.05, 4.69) is 10.6 Å². The van der Waals surface area contributed by atoms with E-state index in [1.165, 1.54) is 0 Å². The van der Waals surface area contributed by atoms with Crippen molar-refractivity contribution in [2.75, 3.05) is 6.54 Å². The minimum Gasteiger partial charge on any atom is -0.351 e. The van der Waals surface area contributed by atoms with E-state index in [0.717, 1.165) is 30.6 Å². The standard InChI is InChI=1S/C19H22ClN3O3/c1-19(13-6-8-14(20)9-7-13)17(25)23(18(26)22-19)10-15(24)21-16(11-2-3-11)12-4-5-12/h6-9,11-12,16H,2-5,10H2,1H3,(H,21,24)(H,22,26). The molecule has 4 rings (SSSR count). The molecule has 0 spiro atoms. The van der Waals surface area contributed by atoms with Gasteiger partial charge in [0.25, 0.3) is 5.91 Å². The van der Waals surface area contributed by atoms with Gasteiger partial charge in [-0.1, -0.05) is 23.7 Å². The summed E-state index contributed by atoms with van der Waals surface area (Å²) in [5.74, 6) is 0.440. The van der Waals surface area contributed by atoms with Gasteiger partial charge in [0.2, 0.25) is 5.91 Å². The van der Waals surface area contributed by atoms with Gasteiger partial charge in [0.1, 0.15) is 12.1 Å². The highest BCUT2D eigenvalue weighted by Gasteiger charge is 2.50. The average Bonchev–Trinajstić information content (AvgIpc) is 3.50. The van der Waals surface area contributed by atoms with Crippen molar-refractivity contribution >= 4 is 29.4 Å². The Morgan fingerprint density at radius 2 is 1.81 bits per heavy atom. The SMILES string of the molecule is CC1(c2ccc(Cl)cc2)NC(=O)N(CC(=O)NC(C2CC2)C2CC2)C1=O. The first-order valence-electron chi connectivity index (χ1n) is 9.08. The van der Waals surface area contributed by atoms with E-state index in [1.807, 2.05) is 0 Å². The molecule has 3 fully saturated rings. The first kappa shape index (κ1) is 17.3. The summed E-state index contributed by atoms with van der Waals surface area (Å²) in [6, 6.07) is 6.42. The fourth-order valence-corrected chi connectivity index (χ4v) is 3.85. The molecule has 1 heterocycles. The smallest absolute Gasteiger partial charge is 0.325 e. The molecule has 138 valence electrons. The fraction of sp³-hybridized carbons (Fsp3) is 0.526. The first-order valence-corrected chi connectivity index (χ1v) is 9.46. The number of nitrogens with one attached hydrogen (secondary N) is 2. The van der Waals surface area contributed by atoms with E-state index in [-0.39, 0.29) is 18.5 Å². The highest BCUT2D eigenvalue weighted by molar-refractivity contribution is 6.30. The molecule has 26 heavy (non-hydrogen) atoms. The molecule has 7 heteroatoms. The summed E-state index contributed by atoms with van der Waals surface area (Å²) < 4.78 is 0. The molecule has 1 aromatic rings. The van der Waals surface area contributed by atoms with Crippen molar-refractivity contribution < 1.29 is 14.4 Å². The van der Waals surface area contributed by atoms with Crippen LogP contribution < -0.4 is 10.6 Å². The molecule has 1 aliphatic heterocycles. The Morgan fingerprint density at radius 3 is 2.35 bits per heavy atom. The van der Waals surface area contributed by atoms with Crippen LogP contribution in [0.15, 0.2) is 24.3 Å². The summed E-state index contributed by atoms with van der Waals surface area (Å²) in [7, 11) is 0. The quantitative estimate of drug-likeness (QED) is 0.749. The van der Waals surface area contributed by atoms with Crippen molar-refractivity contribution in [3.05, 3.63) is 34.9 Å². The molecule has 2 aliphatic carbocycles. The van der Waals surface area contributed by atoms with Crippen LogP contribution in [0.1, 0.15) is 38.2 Å². The predicted octanol–water partition coefficient (Wildman–Crippen LogP) is 2.41. The van der Waals surface area contributed by atoms with Gasteiger partial charge in [0.05, 0.1) is 0 Å². The zero-order valence-corrected chi connectivity index (χ0v) is 15.4. The molecule has 1 aromatic carbocycles.